The number of aromatic nitrogens is 1. The molecule has 0 unspecified atom stereocenters. The minimum Gasteiger partial charge on any atom is -0.497 e. The highest BCUT2D eigenvalue weighted by atomic mass is 32.2. The second kappa shape index (κ2) is 9.38. The van der Waals surface area contributed by atoms with Gasteiger partial charge >= 0.3 is 5.97 Å². The van der Waals surface area contributed by atoms with Gasteiger partial charge in [-0.1, -0.05) is 6.07 Å². The van der Waals surface area contributed by atoms with Crippen molar-refractivity contribution in [3.05, 3.63) is 64.7 Å². The van der Waals surface area contributed by atoms with Gasteiger partial charge in [-0.15, -0.1) is 11.3 Å². The molecular formula is C21H22N2O5S2. The molecule has 158 valence electrons. The Hall–Kier alpha value is -2.75. The first-order valence-electron chi connectivity index (χ1n) is 9.10. The second-order valence-electron chi connectivity index (χ2n) is 6.60. The number of carbonyl (C=O) groups excluding carboxylic acids is 1. The Morgan fingerprint density at radius 1 is 1.10 bits per heavy atom. The average molecular weight is 447 g/mol. The molecule has 2 aromatic carbocycles. The minimum atomic E-state index is -3.79. The van der Waals surface area contributed by atoms with Gasteiger partial charge in [-0.3, -0.25) is 4.79 Å². The molecular weight excluding hydrogens is 424 g/mol. The van der Waals surface area contributed by atoms with Gasteiger partial charge in [0.15, 0.2) is 0 Å². The molecule has 0 amide bonds. The minimum absolute atomic E-state index is 0.0309. The maximum Gasteiger partial charge on any atom is 0.321 e. The number of esters is 1. The van der Waals surface area contributed by atoms with Gasteiger partial charge < -0.3 is 9.47 Å². The zero-order valence-corrected chi connectivity index (χ0v) is 18.5. The number of nitrogens with zero attached hydrogens (tertiary/aromatic N) is 1. The first-order valence-corrected chi connectivity index (χ1v) is 11.5. The Balaban J connectivity index is 1.53. The number of aryl methyl sites for hydroxylation is 2. The van der Waals surface area contributed by atoms with Crippen LogP contribution in [0.25, 0.3) is 10.6 Å². The van der Waals surface area contributed by atoms with E-state index in [4.69, 9.17) is 9.47 Å². The zero-order chi connectivity index (χ0) is 21.7. The third-order valence-electron chi connectivity index (χ3n) is 4.46. The largest absolute Gasteiger partial charge is 0.497 e. The summed E-state index contributed by atoms with van der Waals surface area (Å²) in [6.07, 6.45) is 0. The molecule has 0 saturated heterocycles. The fourth-order valence-corrected chi connectivity index (χ4v) is 4.43. The second-order valence-corrected chi connectivity index (χ2v) is 9.23. The molecule has 9 heteroatoms. The van der Waals surface area contributed by atoms with Gasteiger partial charge in [-0.25, -0.2) is 13.4 Å². The van der Waals surface area contributed by atoms with Gasteiger partial charge in [0.05, 0.1) is 17.7 Å². The Bertz CT molecular complexity index is 1140. The SMILES string of the molecule is COc1ccc(-c2nc(COC(=O)CNS(=O)(=O)c3ccc(C)c(C)c3)cs2)cc1. The molecule has 0 radical (unpaired) electrons. The van der Waals surface area contributed by atoms with E-state index in [-0.39, 0.29) is 11.5 Å². The van der Waals surface area contributed by atoms with E-state index in [1.165, 1.54) is 17.4 Å². The van der Waals surface area contributed by atoms with E-state index in [1.54, 1.807) is 24.6 Å². The van der Waals surface area contributed by atoms with Crippen LogP contribution in [-0.4, -0.2) is 33.0 Å². The van der Waals surface area contributed by atoms with Gasteiger partial charge in [0.25, 0.3) is 0 Å². The summed E-state index contributed by atoms with van der Waals surface area (Å²) in [4.78, 5) is 16.5. The van der Waals surface area contributed by atoms with Crippen LogP contribution in [0.4, 0.5) is 0 Å². The zero-order valence-electron chi connectivity index (χ0n) is 16.8. The Labute approximate surface area is 179 Å². The van der Waals surface area contributed by atoms with E-state index in [9.17, 15) is 13.2 Å². The van der Waals surface area contributed by atoms with Crippen molar-refractivity contribution >= 4 is 27.3 Å². The monoisotopic (exact) mass is 446 g/mol. The highest BCUT2D eigenvalue weighted by Crippen LogP contribution is 2.26. The Morgan fingerprint density at radius 3 is 2.50 bits per heavy atom. The van der Waals surface area contributed by atoms with Gasteiger partial charge in [0, 0.05) is 10.9 Å². The molecule has 7 nitrogen and oxygen atoms in total. The summed E-state index contributed by atoms with van der Waals surface area (Å²) < 4.78 is 37.2. The molecule has 30 heavy (non-hydrogen) atoms. The third-order valence-corrected chi connectivity index (χ3v) is 6.80. The summed E-state index contributed by atoms with van der Waals surface area (Å²) in [5.74, 6) is 0.0779. The van der Waals surface area contributed by atoms with Gasteiger partial charge in [0.1, 0.15) is 23.9 Å². The number of hydrogen-bond donors (Lipinski definition) is 1. The summed E-state index contributed by atoms with van der Waals surface area (Å²) in [5, 5.41) is 2.59. The summed E-state index contributed by atoms with van der Waals surface area (Å²) in [6.45, 7) is 3.24. The van der Waals surface area contributed by atoms with E-state index < -0.39 is 22.5 Å². The molecule has 0 aliphatic heterocycles. The quantitative estimate of drug-likeness (QED) is 0.533. The number of hydrogen-bond acceptors (Lipinski definition) is 7. The van der Waals surface area contributed by atoms with Crippen molar-refractivity contribution in [3.8, 4) is 16.3 Å². The molecule has 1 N–H and O–H groups in total. The van der Waals surface area contributed by atoms with Crippen molar-refractivity contribution in [2.45, 2.75) is 25.3 Å². The number of carbonyl (C=O) groups is 1. The molecule has 0 saturated carbocycles. The number of nitrogens with one attached hydrogen (secondary N) is 1. The van der Waals surface area contributed by atoms with Crippen molar-refractivity contribution in [1.82, 2.24) is 9.71 Å². The van der Waals surface area contributed by atoms with E-state index in [0.717, 1.165) is 27.4 Å². The number of ether oxygens (including phenoxy) is 2. The predicted molar refractivity (Wildman–Crippen MR) is 115 cm³/mol. The van der Waals surface area contributed by atoms with Gasteiger partial charge in [-0.2, -0.15) is 4.72 Å². The van der Waals surface area contributed by atoms with Crippen molar-refractivity contribution in [2.75, 3.05) is 13.7 Å². The van der Waals surface area contributed by atoms with Crippen LogP contribution in [-0.2, 0) is 26.2 Å². The Morgan fingerprint density at radius 2 is 1.83 bits per heavy atom. The number of sulfonamides is 1. The number of rotatable bonds is 8. The van der Waals surface area contributed by atoms with Crippen LogP contribution in [0, 0.1) is 13.8 Å². The molecule has 3 rings (SSSR count). The molecule has 0 atom stereocenters. The van der Waals surface area contributed by atoms with Gasteiger partial charge in [0.2, 0.25) is 10.0 Å². The number of benzene rings is 2. The molecule has 0 spiro atoms. The lowest BCUT2D eigenvalue weighted by atomic mass is 10.1. The van der Waals surface area contributed by atoms with Crippen LogP contribution >= 0.6 is 11.3 Å². The van der Waals surface area contributed by atoms with Crippen LogP contribution in [0.5, 0.6) is 5.75 Å². The van der Waals surface area contributed by atoms with Crippen LogP contribution < -0.4 is 9.46 Å². The first-order chi connectivity index (χ1) is 14.3. The number of thiazole rings is 1. The summed E-state index contributed by atoms with van der Waals surface area (Å²) >= 11 is 1.43. The molecule has 0 aliphatic carbocycles. The summed E-state index contributed by atoms with van der Waals surface area (Å²) in [5.41, 5.74) is 3.37. The lowest BCUT2D eigenvalue weighted by molar-refractivity contribution is -0.143. The lowest BCUT2D eigenvalue weighted by Crippen LogP contribution is -2.30. The summed E-state index contributed by atoms with van der Waals surface area (Å²) in [6, 6.07) is 12.3. The maximum absolute atomic E-state index is 12.3. The first kappa shape index (κ1) is 21.9. The molecule has 1 heterocycles. The molecule has 3 aromatic rings. The van der Waals surface area contributed by atoms with Crippen LogP contribution in [0.1, 0.15) is 16.8 Å². The Kier molecular flexibility index (Phi) is 6.86. The van der Waals surface area contributed by atoms with E-state index in [1.807, 2.05) is 38.1 Å². The van der Waals surface area contributed by atoms with E-state index in [2.05, 4.69) is 9.71 Å². The van der Waals surface area contributed by atoms with E-state index in [0.29, 0.717) is 5.69 Å². The molecule has 0 aliphatic rings. The maximum atomic E-state index is 12.3. The highest BCUT2D eigenvalue weighted by molar-refractivity contribution is 7.89. The molecule has 0 fully saturated rings. The normalized spacial score (nSPS) is 11.3. The van der Waals surface area contributed by atoms with Crippen LogP contribution in [0.3, 0.4) is 0 Å². The van der Waals surface area contributed by atoms with Crippen molar-refractivity contribution in [1.29, 1.82) is 0 Å². The van der Waals surface area contributed by atoms with Gasteiger partial charge in [-0.05, 0) is 61.4 Å². The fraction of sp³-hybridized carbons (Fsp3) is 0.238. The highest BCUT2D eigenvalue weighted by Gasteiger charge is 2.17. The van der Waals surface area contributed by atoms with Crippen molar-refractivity contribution in [3.63, 3.8) is 0 Å². The molecule has 0 bridgehead atoms. The number of methoxy groups -OCH3 is 1. The summed E-state index contributed by atoms with van der Waals surface area (Å²) in [7, 11) is -2.19. The van der Waals surface area contributed by atoms with E-state index >= 15 is 0 Å². The fourth-order valence-electron chi connectivity index (χ4n) is 2.56. The topological polar surface area (TPSA) is 94.6 Å². The lowest BCUT2D eigenvalue weighted by Gasteiger charge is -2.08. The van der Waals surface area contributed by atoms with Crippen LogP contribution in [0.15, 0.2) is 52.7 Å². The predicted octanol–water partition coefficient (Wildman–Crippen LogP) is 3.46. The molecule has 1 aromatic heterocycles. The van der Waals surface area contributed by atoms with Crippen LogP contribution in [0.2, 0.25) is 0 Å². The standard InChI is InChI=1S/C21H22N2O5S2/c1-14-4-9-19(10-15(14)2)30(25,26)22-11-20(24)28-12-17-13-29-21(23-17)16-5-7-18(27-3)8-6-16/h4-10,13,22H,11-12H2,1-3H3. The van der Waals surface area contributed by atoms with Crippen molar-refractivity contribution in [2.24, 2.45) is 0 Å². The van der Waals surface area contributed by atoms with Crippen molar-refractivity contribution < 1.29 is 22.7 Å². The third kappa shape index (κ3) is 5.44. The smallest absolute Gasteiger partial charge is 0.321 e. The average Bonchev–Trinajstić information content (AvgIpc) is 3.22.